The van der Waals surface area contributed by atoms with Crippen LogP contribution in [0.25, 0.3) is 17.4 Å². The van der Waals surface area contributed by atoms with E-state index in [1.165, 1.54) is 24.3 Å². The maximum atomic E-state index is 13.0. The molecule has 0 radical (unpaired) electrons. The molecule has 1 aliphatic heterocycles. The van der Waals surface area contributed by atoms with Crippen LogP contribution in [0.1, 0.15) is 16.9 Å². The summed E-state index contributed by atoms with van der Waals surface area (Å²) in [4.78, 5) is 12.5. The third-order valence-electron chi connectivity index (χ3n) is 4.27. The number of furan rings is 1. The van der Waals surface area contributed by atoms with E-state index in [0.717, 1.165) is 29.5 Å². The van der Waals surface area contributed by atoms with Crippen molar-refractivity contribution < 1.29 is 22.4 Å². The maximum absolute atomic E-state index is 13.0. The summed E-state index contributed by atoms with van der Waals surface area (Å²) in [6.07, 6.45) is -1.48. The van der Waals surface area contributed by atoms with Crippen LogP contribution < -0.4 is 5.32 Å². The first kappa shape index (κ1) is 21.9. The minimum absolute atomic E-state index is 0.104. The molecule has 2 aromatic carbocycles. The van der Waals surface area contributed by atoms with Gasteiger partial charge < -0.3 is 4.42 Å². The van der Waals surface area contributed by atoms with Gasteiger partial charge in [-0.15, -0.1) is 5.10 Å². The molecule has 0 atom stereocenters. The Morgan fingerprint density at radius 2 is 1.84 bits per heavy atom. The second-order valence-corrected chi connectivity index (χ2v) is 7.96. The number of amides is 1. The third kappa shape index (κ3) is 5.12. The van der Waals surface area contributed by atoms with E-state index in [2.05, 4.69) is 15.5 Å². The topological polar surface area (TPSA) is 67.0 Å². The second kappa shape index (κ2) is 9.05. The van der Waals surface area contributed by atoms with E-state index in [1.807, 2.05) is 30.3 Å². The summed E-state index contributed by atoms with van der Waals surface area (Å²) in [7, 11) is 0. The summed E-state index contributed by atoms with van der Waals surface area (Å²) in [5, 5.41) is 10.9. The Morgan fingerprint density at radius 3 is 2.59 bits per heavy atom. The number of hydrogen-bond acceptors (Lipinski definition) is 5. The molecule has 3 aromatic rings. The largest absolute Gasteiger partial charge is 0.457 e. The predicted molar refractivity (Wildman–Crippen MR) is 119 cm³/mol. The summed E-state index contributed by atoms with van der Waals surface area (Å²) in [5.74, 6) is 0.0385. The van der Waals surface area contributed by atoms with Gasteiger partial charge in [-0.2, -0.15) is 18.3 Å². The summed E-state index contributed by atoms with van der Waals surface area (Å²) < 4.78 is 44.6. The van der Waals surface area contributed by atoms with Gasteiger partial charge in [-0.05, 0) is 47.7 Å². The first-order valence-electron chi connectivity index (χ1n) is 9.13. The molecular weight excluding hydrogens is 463 g/mol. The van der Waals surface area contributed by atoms with Crippen molar-refractivity contribution in [3.8, 4) is 11.3 Å². The standard InChI is InChI=1S/C22H13ClF3N3O2S/c23-17-8-6-14(22(24,25)26)10-16(17)18-9-7-15(31-18)11-19-20(30)28-21(32-19)29-27-12-13-4-2-1-3-5-13/h1-12H,(H,28,29,30)/b19-11+,27-12+. The van der Waals surface area contributed by atoms with Crippen molar-refractivity contribution in [1.29, 1.82) is 0 Å². The van der Waals surface area contributed by atoms with Crippen LogP contribution in [0.3, 0.4) is 0 Å². The lowest BCUT2D eigenvalue weighted by atomic mass is 10.1. The summed E-state index contributed by atoms with van der Waals surface area (Å²) >= 11 is 7.12. The van der Waals surface area contributed by atoms with Crippen LogP contribution in [0.4, 0.5) is 13.2 Å². The average molecular weight is 476 g/mol. The highest BCUT2D eigenvalue weighted by Crippen LogP contribution is 2.37. The second-order valence-electron chi connectivity index (χ2n) is 6.52. The van der Waals surface area contributed by atoms with Gasteiger partial charge in [0, 0.05) is 11.6 Å². The number of rotatable bonds is 4. The lowest BCUT2D eigenvalue weighted by Gasteiger charge is -2.09. The summed E-state index contributed by atoms with van der Waals surface area (Å²) in [6.45, 7) is 0. The molecule has 32 heavy (non-hydrogen) atoms. The Hall–Kier alpha value is -3.30. The lowest BCUT2D eigenvalue weighted by Crippen LogP contribution is -2.19. The first-order chi connectivity index (χ1) is 15.3. The number of carbonyl (C=O) groups is 1. The molecule has 0 aliphatic carbocycles. The molecule has 0 saturated carbocycles. The van der Waals surface area contributed by atoms with Crippen molar-refractivity contribution in [2.45, 2.75) is 6.18 Å². The van der Waals surface area contributed by atoms with Gasteiger partial charge in [-0.3, -0.25) is 10.1 Å². The average Bonchev–Trinajstić information content (AvgIpc) is 3.35. The number of nitrogens with zero attached hydrogens (tertiary/aromatic N) is 2. The Balaban J connectivity index is 1.52. The minimum atomic E-state index is -4.51. The number of thioether (sulfide) groups is 1. The summed E-state index contributed by atoms with van der Waals surface area (Å²) in [5.41, 5.74) is 0.126. The normalized spacial score (nSPS) is 16.9. The smallest absolute Gasteiger partial charge is 0.416 e. The fourth-order valence-electron chi connectivity index (χ4n) is 2.76. The predicted octanol–water partition coefficient (Wildman–Crippen LogP) is 6.21. The van der Waals surface area contributed by atoms with Gasteiger partial charge in [0.2, 0.25) is 0 Å². The minimum Gasteiger partial charge on any atom is -0.457 e. The van der Waals surface area contributed by atoms with Gasteiger partial charge in [0.25, 0.3) is 5.91 Å². The molecule has 1 aliphatic rings. The molecule has 2 heterocycles. The van der Waals surface area contributed by atoms with E-state index in [1.54, 1.807) is 6.21 Å². The lowest BCUT2D eigenvalue weighted by molar-refractivity contribution is -0.137. The molecule has 0 bridgehead atoms. The SMILES string of the molecule is O=C1N/C(=N\N=C\c2ccccc2)S/C1=C/c1ccc(-c2cc(C(F)(F)F)ccc2Cl)o1. The van der Waals surface area contributed by atoms with Crippen LogP contribution in [0.15, 0.2) is 80.2 Å². The molecule has 1 amide bonds. The molecule has 4 rings (SSSR count). The van der Waals surface area contributed by atoms with Crippen molar-refractivity contribution in [2.24, 2.45) is 10.2 Å². The van der Waals surface area contributed by atoms with E-state index in [0.29, 0.717) is 10.1 Å². The highest BCUT2D eigenvalue weighted by atomic mass is 35.5. The van der Waals surface area contributed by atoms with E-state index >= 15 is 0 Å². The Bertz CT molecular complexity index is 1250. The van der Waals surface area contributed by atoms with E-state index in [9.17, 15) is 18.0 Å². The number of hydrogen-bond donors (Lipinski definition) is 1. The highest BCUT2D eigenvalue weighted by Gasteiger charge is 2.31. The summed E-state index contributed by atoms with van der Waals surface area (Å²) in [6, 6.07) is 15.4. The molecular formula is C22H13ClF3N3O2S. The van der Waals surface area contributed by atoms with Crippen LogP contribution in [-0.2, 0) is 11.0 Å². The molecule has 5 nitrogen and oxygen atoms in total. The number of amidine groups is 1. The van der Waals surface area contributed by atoms with Crippen LogP contribution in [0.2, 0.25) is 5.02 Å². The first-order valence-corrected chi connectivity index (χ1v) is 10.3. The molecule has 162 valence electrons. The molecule has 0 unspecified atom stereocenters. The number of alkyl halides is 3. The van der Waals surface area contributed by atoms with Crippen molar-refractivity contribution in [3.05, 3.63) is 87.5 Å². The third-order valence-corrected chi connectivity index (χ3v) is 5.49. The van der Waals surface area contributed by atoms with Crippen LogP contribution in [-0.4, -0.2) is 17.3 Å². The van der Waals surface area contributed by atoms with E-state index in [-0.39, 0.29) is 22.1 Å². The van der Waals surface area contributed by atoms with Crippen LogP contribution in [0.5, 0.6) is 0 Å². The fraction of sp³-hybridized carbons (Fsp3) is 0.0455. The number of benzene rings is 2. The van der Waals surface area contributed by atoms with Gasteiger partial charge in [0.15, 0.2) is 5.17 Å². The number of nitrogens with one attached hydrogen (secondary N) is 1. The highest BCUT2D eigenvalue weighted by molar-refractivity contribution is 8.18. The molecule has 1 N–H and O–H groups in total. The fourth-order valence-corrected chi connectivity index (χ4v) is 3.73. The Labute approximate surface area is 189 Å². The van der Waals surface area contributed by atoms with Gasteiger partial charge in [-0.1, -0.05) is 41.9 Å². The monoisotopic (exact) mass is 475 g/mol. The van der Waals surface area contributed by atoms with Crippen molar-refractivity contribution in [1.82, 2.24) is 5.32 Å². The maximum Gasteiger partial charge on any atom is 0.416 e. The molecule has 1 saturated heterocycles. The van der Waals surface area contributed by atoms with Crippen molar-refractivity contribution >= 4 is 46.7 Å². The van der Waals surface area contributed by atoms with Gasteiger partial charge in [0.05, 0.1) is 21.7 Å². The zero-order valence-corrected chi connectivity index (χ0v) is 17.6. The van der Waals surface area contributed by atoms with Crippen LogP contribution >= 0.6 is 23.4 Å². The van der Waals surface area contributed by atoms with E-state index < -0.39 is 17.6 Å². The zero-order chi connectivity index (χ0) is 22.7. The number of halogens is 4. The van der Waals surface area contributed by atoms with Gasteiger partial charge in [-0.25, -0.2) is 0 Å². The van der Waals surface area contributed by atoms with Gasteiger partial charge in [0.1, 0.15) is 11.5 Å². The van der Waals surface area contributed by atoms with Gasteiger partial charge >= 0.3 is 6.18 Å². The molecule has 0 spiro atoms. The quantitative estimate of drug-likeness (QED) is 0.277. The van der Waals surface area contributed by atoms with E-state index in [4.69, 9.17) is 16.0 Å². The molecule has 1 fully saturated rings. The Kier molecular flexibility index (Phi) is 6.20. The van der Waals surface area contributed by atoms with Crippen molar-refractivity contribution in [2.75, 3.05) is 0 Å². The number of carbonyl (C=O) groups excluding carboxylic acids is 1. The zero-order valence-electron chi connectivity index (χ0n) is 16.1. The Morgan fingerprint density at radius 1 is 1.06 bits per heavy atom. The molecule has 10 heteroatoms. The molecule has 1 aromatic heterocycles. The van der Waals surface area contributed by atoms with Crippen LogP contribution in [0, 0.1) is 0 Å². The van der Waals surface area contributed by atoms with Crippen molar-refractivity contribution in [3.63, 3.8) is 0 Å².